The lowest BCUT2D eigenvalue weighted by atomic mass is 9.61. The number of hydrogen-bond donors (Lipinski definition) is 0. The van der Waals surface area contributed by atoms with Crippen LogP contribution in [0, 0.1) is 23.2 Å². The zero-order valence-corrected chi connectivity index (χ0v) is 20.3. The predicted molar refractivity (Wildman–Crippen MR) is 118 cm³/mol. The van der Waals surface area contributed by atoms with Crippen LogP contribution in [0.4, 0.5) is 0 Å². The van der Waals surface area contributed by atoms with Gasteiger partial charge >= 0.3 is 5.97 Å². The third kappa shape index (κ3) is 4.01. The van der Waals surface area contributed by atoms with E-state index < -0.39 is 8.32 Å². The summed E-state index contributed by atoms with van der Waals surface area (Å²) in [7, 11) is -1.75. The van der Waals surface area contributed by atoms with Crippen molar-refractivity contribution in [3.05, 3.63) is 12.2 Å². The van der Waals surface area contributed by atoms with E-state index in [4.69, 9.17) is 9.16 Å². The summed E-state index contributed by atoms with van der Waals surface area (Å²) in [6.45, 7) is 20.6. The number of carbonyl (C=O) groups is 1. The molecule has 3 nitrogen and oxygen atoms in total. The molecule has 3 aliphatic rings. The molecular weight excluding hydrogens is 364 g/mol. The second-order valence-corrected chi connectivity index (χ2v) is 16.4. The Morgan fingerprint density at radius 2 is 1.96 bits per heavy atom. The molecule has 1 heterocycles. The van der Waals surface area contributed by atoms with Crippen molar-refractivity contribution in [3.8, 4) is 0 Å². The molecule has 0 N–H and O–H groups in total. The molecule has 4 heteroatoms. The van der Waals surface area contributed by atoms with Crippen molar-refractivity contribution in [1.82, 2.24) is 0 Å². The van der Waals surface area contributed by atoms with Crippen LogP contribution in [0.2, 0.25) is 18.1 Å². The minimum absolute atomic E-state index is 0.0421. The van der Waals surface area contributed by atoms with Crippen molar-refractivity contribution in [1.29, 1.82) is 0 Å². The van der Waals surface area contributed by atoms with E-state index in [1.807, 2.05) is 0 Å². The molecule has 1 saturated heterocycles. The number of esters is 1. The minimum atomic E-state index is -1.75. The van der Waals surface area contributed by atoms with Crippen molar-refractivity contribution >= 4 is 14.3 Å². The van der Waals surface area contributed by atoms with Gasteiger partial charge in [0.2, 0.25) is 0 Å². The molecule has 160 valence electrons. The Balaban J connectivity index is 1.69. The van der Waals surface area contributed by atoms with Crippen LogP contribution in [-0.2, 0) is 14.0 Å². The molecule has 0 radical (unpaired) electrons. The Kier molecular flexibility index (Phi) is 5.97. The van der Waals surface area contributed by atoms with Gasteiger partial charge in [-0.15, -0.1) is 0 Å². The topological polar surface area (TPSA) is 35.5 Å². The van der Waals surface area contributed by atoms with Gasteiger partial charge in [0.25, 0.3) is 0 Å². The van der Waals surface area contributed by atoms with Gasteiger partial charge in [0.05, 0.1) is 0 Å². The monoisotopic (exact) mass is 406 g/mol. The minimum Gasteiger partial charge on any atom is -0.459 e. The molecule has 0 aromatic heterocycles. The van der Waals surface area contributed by atoms with Crippen LogP contribution in [0.15, 0.2) is 12.2 Å². The first-order valence-corrected chi connectivity index (χ1v) is 14.3. The predicted octanol–water partition coefficient (Wildman–Crippen LogP) is 6.49. The fraction of sp³-hybridized carbons (Fsp3) is 0.875. The number of cyclic esters (lactones) is 1. The summed E-state index contributed by atoms with van der Waals surface area (Å²) in [4.78, 5) is 11.7. The lowest BCUT2D eigenvalue weighted by molar-refractivity contribution is -0.139. The average Bonchev–Trinajstić information content (AvgIpc) is 3.06. The van der Waals surface area contributed by atoms with Crippen LogP contribution in [0.3, 0.4) is 0 Å². The van der Waals surface area contributed by atoms with Crippen LogP contribution in [-0.4, -0.2) is 26.5 Å². The van der Waals surface area contributed by atoms with E-state index in [-0.39, 0.29) is 17.1 Å². The van der Waals surface area contributed by atoms with Crippen LogP contribution in [0.25, 0.3) is 0 Å². The molecule has 3 fully saturated rings. The van der Waals surface area contributed by atoms with Gasteiger partial charge in [-0.3, -0.25) is 0 Å². The zero-order valence-electron chi connectivity index (χ0n) is 19.3. The van der Waals surface area contributed by atoms with E-state index in [0.29, 0.717) is 41.3 Å². The van der Waals surface area contributed by atoms with Gasteiger partial charge in [0.1, 0.15) is 6.10 Å². The number of rotatable bonds is 5. The highest BCUT2D eigenvalue weighted by Crippen LogP contribution is 2.59. The van der Waals surface area contributed by atoms with Gasteiger partial charge in [-0.2, -0.15) is 0 Å². The van der Waals surface area contributed by atoms with E-state index in [2.05, 4.69) is 54.3 Å². The molecule has 0 aromatic rings. The maximum atomic E-state index is 11.7. The highest BCUT2D eigenvalue weighted by atomic mass is 28.4. The van der Waals surface area contributed by atoms with Crippen LogP contribution >= 0.6 is 0 Å². The fourth-order valence-corrected chi connectivity index (χ4v) is 7.53. The standard InChI is InChI=1S/C24H42O3Si/c1-16(14-18-15-17(2)22(25)26-18)19-11-12-20-21(10-9-13-24(19,20)6)27-28(7,8)23(3,4)5/h16,18-21H,2,9-15H2,1,3-8H3/t16-,18+,19-,20?,21?,24+/m1/s1. The van der Waals surface area contributed by atoms with E-state index in [1.165, 1.54) is 32.1 Å². The summed E-state index contributed by atoms with van der Waals surface area (Å²) in [6.07, 6.45) is 8.59. The smallest absolute Gasteiger partial charge is 0.333 e. The molecule has 6 atom stereocenters. The van der Waals surface area contributed by atoms with Crippen LogP contribution in [0.1, 0.15) is 79.6 Å². The van der Waals surface area contributed by atoms with Crippen LogP contribution in [0.5, 0.6) is 0 Å². The number of carbonyl (C=O) groups excluding carboxylic acids is 1. The van der Waals surface area contributed by atoms with Crippen molar-refractivity contribution in [2.45, 2.75) is 110 Å². The lowest BCUT2D eigenvalue weighted by Gasteiger charge is -2.50. The Morgan fingerprint density at radius 1 is 1.29 bits per heavy atom. The summed E-state index contributed by atoms with van der Waals surface area (Å²) < 4.78 is 12.5. The van der Waals surface area contributed by atoms with Crippen molar-refractivity contribution in [2.24, 2.45) is 23.2 Å². The Hall–Kier alpha value is -0.613. The first-order chi connectivity index (χ1) is 12.8. The molecule has 0 aromatic carbocycles. The summed E-state index contributed by atoms with van der Waals surface area (Å²) in [5, 5.41) is 0.265. The van der Waals surface area contributed by atoms with Gasteiger partial charge in [-0.05, 0) is 73.4 Å². The fourth-order valence-electron chi connectivity index (χ4n) is 6.14. The van der Waals surface area contributed by atoms with Crippen LogP contribution < -0.4 is 0 Å². The third-order valence-electron chi connectivity index (χ3n) is 8.75. The van der Waals surface area contributed by atoms with E-state index in [1.54, 1.807) is 0 Å². The molecule has 2 aliphatic carbocycles. The lowest BCUT2D eigenvalue weighted by Crippen LogP contribution is -2.50. The van der Waals surface area contributed by atoms with Gasteiger partial charge in [-0.1, -0.05) is 47.6 Å². The van der Waals surface area contributed by atoms with Gasteiger partial charge in [-0.25, -0.2) is 4.79 Å². The normalized spacial score (nSPS) is 37.7. The molecule has 3 rings (SSSR count). The largest absolute Gasteiger partial charge is 0.459 e. The first kappa shape index (κ1) is 22.1. The second kappa shape index (κ2) is 7.57. The molecule has 1 aliphatic heterocycles. The van der Waals surface area contributed by atoms with E-state index in [0.717, 1.165) is 6.42 Å². The maximum absolute atomic E-state index is 11.7. The quantitative estimate of drug-likeness (QED) is 0.297. The summed E-state index contributed by atoms with van der Waals surface area (Å²) in [5.41, 5.74) is 1.01. The molecule has 0 spiro atoms. The third-order valence-corrected chi connectivity index (χ3v) is 13.3. The molecular formula is C24H42O3Si. The highest BCUT2D eigenvalue weighted by Gasteiger charge is 2.54. The number of ether oxygens (including phenoxy) is 1. The van der Waals surface area contributed by atoms with Gasteiger partial charge < -0.3 is 9.16 Å². The van der Waals surface area contributed by atoms with Gasteiger partial charge in [0.15, 0.2) is 8.32 Å². The highest BCUT2D eigenvalue weighted by molar-refractivity contribution is 6.74. The molecule has 28 heavy (non-hydrogen) atoms. The molecule has 2 saturated carbocycles. The Morgan fingerprint density at radius 3 is 2.54 bits per heavy atom. The summed E-state index contributed by atoms with van der Waals surface area (Å²) in [6, 6.07) is 0. The summed E-state index contributed by atoms with van der Waals surface area (Å²) >= 11 is 0. The number of hydrogen-bond acceptors (Lipinski definition) is 3. The zero-order chi connectivity index (χ0) is 20.9. The maximum Gasteiger partial charge on any atom is 0.333 e. The van der Waals surface area contributed by atoms with Crippen molar-refractivity contribution in [2.75, 3.05) is 0 Å². The van der Waals surface area contributed by atoms with E-state index >= 15 is 0 Å². The molecule has 0 amide bonds. The SMILES string of the molecule is C=C1C[C@H](C[C@@H](C)[C@H]2CCC3C(O[Si](C)(C)C(C)(C)C)CCC[C@]32C)OC1=O. The van der Waals surface area contributed by atoms with Crippen molar-refractivity contribution in [3.63, 3.8) is 0 Å². The first-order valence-electron chi connectivity index (χ1n) is 11.4. The molecule has 2 unspecified atom stereocenters. The Labute approximate surface area is 173 Å². The van der Waals surface area contributed by atoms with Gasteiger partial charge in [0, 0.05) is 18.1 Å². The second-order valence-electron chi connectivity index (χ2n) is 11.7. The van der Waals surface area contributed by atoms with Crippen molar-refractivity contribution < 1.29 is 14.0 Å². The van der Waals surface area contributed by atoms with E-state index in [9.17, 15) is 4.79 Å². The summed E-state index contributed by atoms with van der Waals surface area (Å²) in [5.74, 6) is 1.78. The average molecular weight is 407 g/mol. The Bertz CT molecular complexity index is 604. The molecule has 0 bridgehead atoms. The number of fused-ring (bicyclic) bond motifs is 1.